The Morgan fingerprint density at radius 2 is 1.52 bits per heavy atom. The first kappa shape index (κ1) is 19.0. The normalized spacial score (nSPS) is 12.2. The van der Waals surface area contributed by atoms with Crippen molar-refractivity contribution in [1.29, 1.82) is 0 Å². The molecule has 8 heteroatoms. The Labute approximate surface area is 154 Å². The molecule has 0 saturated heterocycles. The van der Waals surface area contributed by atoms with Crippen LogP contribution in [-0.2, 0) is 16.0 Å². The number of alkyl halides is 3. The number of benzene rings is 1. The molecule has 1 aromatic carbocycles. The van der Waals surface area contributed by atoms with Crippen LogP contribution in [0.25, 0.3) is 22.4 Å². The molecule has 4 nitrogen and oxygen atoms in total. The first-order valence-electron chi connectivity index (χ1n) is 7.86. The lowest BCUT2D eigenvalue weighted by Crippen LogP contribution is -2.06. The molecule has 0 aliphatic rings. The summed E-state index contributed by atoms with van der Waals surface area (Å²) in [6, 6.07) is 10.1. The highest BCUT2D eigenvalue weighted by Crippen LogP contribution is 2.36. The molecular weight excluding hydrogens is 377 g/mol. The maximum Gasteiger partial charge on any atom is 0.417 e. The number of aromatic nitrogens is 2. The van der Waals surface area contributed by atoms with E-state index in [-0.39, 0.29) is 10.5 Å². The molecule has 0 aliphatic heterocycles. The molecule has 0 bridgehead atoms. The first-order valence-corrected chi connectivity index (χ1v) is 9.75. The molecule has 0 atom stereocenters. The van der Waals surface area contributed by atoms with Crippen molar-refractivity contribution in [1.82, 2.24) is 9.97 Å². The summed E-state index contributed by atoms with van der Waals surface area (Å²) in [7, 11) is -3.41. The first-order chi connectivity index (χ1) is 12.6. The van der Waals surface area contributed by atoms with Crippen LogP contribution in [0, 0.1) is 6.92 Å². The van der Waals surface area contributed by atoms with Gasteiger partial charge in [0.15, 0.2) is 9.84 Å². The van der Waals surface area contributed by atoms with Crippen molar-refractivity contribution < 1.29 is 21.6 Å². The maximum absolute atomic E-state index is 13.2. The van der Waals surface area contributed by atoms with Gasteiger partial charge in [0.25, 0.3) is 0 Å². The third kappa shape index (κ3) is 4.16. The van der Waals surface area contributed by atoms with E-state index in [1.54, 1.807) is 25.3 Å². The van der Waals surface area contributed by atoms with Crippen molar-refractivity contribution in [2.75, 3.05) is 6.26 Å². The summed E-state index contributed by atoms with van der Waals surface area (Å²) < 4.78 is 62.7. The molecule has 2 aromatic heterocycles. The van der Waals surface area contributed by atoms with Gasteiger partial charge in [-0.1, -0.05) is 12.1 Å². The van der Waals surface area contributed by atoms with E-state index in [0.717, 1.165) is 24.2 Å². The van der Waals surface area contributed by atoms with Crippen LogP contribution in [0.4, 0.5) is 13.2 Å². The van der Waals surface area contributed by atoms with E-state index in [1.807, 2.05) is 0 Å². The van der Waals surface area contributed by atoms with Gasteiger partial charge in [-0.15, -0.1) is 0 Å². The summed E-state index contributed by atoms with van der Waals surface area (Å²) in [5, 5.41) is 0. The SMILES string of the molecule is Cc1ccc(-c2ncc(C(F)(F)F)cc2-c2ccc(S(C)(=O)=O)cc2)cn1. The largest absolute Gasteiger partial charge is 0.417 e. The van der Waals surface area contributed by atoms with E-state index >= 15 is 0 Å². The van der Waals surface area contributed by atoms with Crippen molar-refractivity contribution in [3.05, 3.63) is 66.1 Å². The quantitative estimate of drug-likeness (QED) is 0.657. The zero-order chi connectivity index (χ0) is 19.8. The van der Waals surface area contributed by atoms with Crippen LogP contribution in [0.3, 0.4) is 0 Å². The van der Waals surface area contributed by atoms with Gasteiger partial charge in [0.05, 0.1) is 16.2 Å². The second-order valence-corrected chi connectivity index (χ2v) is 8.12. The molecule has 0 amide bonds. The number of sulfone groups is 1. The van der Waals surface area contributed by atoms with Gasteiger partial charge in [-0.05, 0) is 42.8 Å². The van der Waals surface area contributed by atoms with Gasteiger partial charge >= 0.3 is 6.18 Å². The summed E-state index contributed by atoms with van der Waals surface area (Å²) in [5.41, 5.74) is 1.46. The average Bonchev–Trinajstić information content (AvgIpc) is 2.60. The van der Waals surface area contributed by atoms with E-state index in [0.29, 0.717) is 16.8 Å². The van der Waals surface area contributed by atoms with Crippen LogP contribution in [0.2, 0.25) is 0 Å². The zero-order valence-corrected chi connectivity index (χ0v) is 15.3. The summed E-state index contributed by atoms with van der Waals surface area (Å²) in [6.45, 7) is 1.80. The maximum atomic E-state index is 13.2. The number of hydrogen-bond acceptors (Lipinski definition) is 4. The Balaban J connectivity index is 2.20. The molecule has 0 fully saturated rings. The highest BCUT2D eigenvalue weighted by Gasteiger charge is 2.32. The van der Waals surface area contributed by atoms with E-state index in [4.69, 9.17) is 0 Å². The minimum atomic E-state index is -4.54. The molecule has 0 N–H and O–H groups in total. The number of nitrogens with zero attached hydrogens (tertiary/aromatic N) is 2. The van der Waals surface area contributed by atoms with Crippen LogP contribution >= 0.6 is 0 Å². The molecule has 0 saturated carbocycles. The van der Waals surface area contributed by atoms with Gasteiger partial charge in [-0.2, -0.15) is 13.2 Å². The smallest absolute Gasteiger partial charge is 0.261 e. The summed E-state index contributed by atoms with van der Waals surface area (Å²) in [4.78, 5) is 8.27. The Morgan fingerprint density at radius 1 is 0.889 bits per heavy atom. The van der Waals surface area contributed by atoms with Crippen molar-refractivity contribution in [3.63, 3.8) is 0 Å². The molecular formula is C19H15F3N2O2S. The van der Waals surface area contributed by atoms with Gasteiger partial charge in [0.1, 0.15) is 0 Å². The van der Waals surface area contributed by atoms with Gasteiger partial charge in [0, 0.05) is 35.5 Å². The number of hydrogen-bond donors (Lipinski definition) is 0. The Morgan fingerprint density at radius 3 is 2.04 bits per heavy atom. The van der Waals surface area contributed by atoms with Crippen LogP contribution in [0.15, 0.2) is 59.8 Å². The van der Waals surface area contributed by atoms with Gasteiger partial charge in [0.2, 0.25) is 0 Å². The zero-order valence-electron chi connectivity index (χ0n) is 14.4. The highest BCUT2D eigenvalue weighted by molar-refractivity contribution is 7.90. The van der Waals surface area contributed by atoms with Crippen LogP contribution < -0.4 is 0 Å². The van der Waals surface area contributed by atoms with E-state index in [2.05, 4.69) is 9.97 Å². The molecule has 140 valence electrons. The second kappa shape index (κ2) is 6.77. The van der Waals surface area contributed by atoms with Crippen molar-refractivity contribution in [3.8, 4) is 22.4 Å². The number of rotatable bonds is 3. The predicted molar refractivity (Wildman–Crippen MR) is 95.8 cm³/mol. The third-order valence-electron chi connectivity index (χ3n) is 3.99. The highest BCUT2D eigenvalue weighted by atomic mass is 32.2. The molecule has 0 radical (unpaired) electrons. The monoisotopic (exact) mass is 392 g/mol. The number of halogens is 3. The Kier molecular flexibility index (Phi) is 4.77. The van der Waals surface area contributed by atoms with Crippen LogP contribution in [0.1, 0.15) is 11.3 Å². The molecule has 27 heavy (non-hydrogen) atoms. The standard InChI is InChI=1S/C19H15F3N2O2S/c1-12-3-4-14(10-23-12)18-17(9-15(11-24-18)19(20,21)22)13-5-7-16(8-6-13)27(2,25)26/h3-11H,1-2H3. The fourth-order valence-corrected chi connectivity index (χ4v) is 3.19. The lowest BCUT2D eigenvalue weighted by Gasteiger charge is -2.13. The summed E-state index contributed by atoms with van der Waals surface area (Å²) in [6.07, 6.45) is -1.15. The number of pyridine rings is 2. The van der Waals surface area contributed by atoms with Crippen LogP contribution in [0.5, 0.6) is 0 Å². The minimum Gasteiger partial charge on any atom is -0.261 e. The molecule has 2 heterocycles. The van der Waals surface area contributed by atoms with Crippen molar-refractivity contribution in [2.24, 2.45) is 0 Å². The lowest BCUT2D eigenvalue weighted by atomic mass is 9.98. The van der Waals surface area contributed by atoms with Crippen LogP contribution in [-0.4, -0.2) is 24.6 Å². The van der Waals surface area contributed by atoms with Gasteiger partial charge < -0.3 is 0 Å². The lowest BCUT2D eigenvalue weighted by molar-refractivity contribution is -0.137. The minimum absolute atomic E-state index is 0.0877. The van der Waals surface area contributed by atoms with E-state index in [9.17, 15) is 21.6 Å². The number of aryl methyl sites for hydroxylation is 1. The second-order valence-electron chi connectivity index (χ2n) is 6.10. The van der Waals surface area contributed by atoms with E-state index < -0.39 is 21.6 Å². The summed E-state index contributed by atoms with van der Waals surface area (Å²) in [5.74, 6) is 0. The van der Waals surface area contributed by atoms with Gasteiger partial charge in [-0.3, -0.25) is 9.97 Å². The fraction of sp³-hybridized carbons (Fsp3) is 0.158. The molecule has 3 rings (SSSR count). The topological polar surface area (TPSA) is 59.9 Å². The van der Waals surface area contributed by atoms with Gasteiger partial charge in [-0.25, -0.2) is 8.42 Å². The Hall–Kier alpha value is -2.74. The molecule has 0 aliphatic carbocycles. The molecule has 0 spiro atoms. The molecule has 3 aromatic rings. The van der Waals surface area contributed by atoms with Crippen molar-refractivity contribution >= 4 is 9.84 Å². The fourth-order valence-electron chi connectivity index (χ4n) is 2.56. The van der Waals surface area contributed by atoms with Crippen molar-refractivity contribution in [2.45, 2.75) is 18.0 Å². The third-order valence-corrected chi connectivity index (χ3v) is 5.12. The summed E-state index contributed by atoms with van der Waals surface area (Å²) >= 11 is 0. The predicted octanol–water partition coefficient (Wildman–Crippen LogP) is 4.54. The molecule has 0 unspecified atom stereocenters. The average molecular weight is 392 g/mol. The Bertz CT molecular complexity index is 1080. The van der Waals surface area contributed by atoms with E-state index in [1.165, 1.54) is 24.3 Å².